The number of nitrogens with zero attached hydrogens (tertiary/aromatic N) is 2. The van der Waals surface area contributed by atoms with E-state index in [1.54, 1.807) is 0 Å². The predicted molar refractivity (Wildman–Crippen MR) is 84.9 cm³/mol. The zero-order valence-electron chi connectivity index (χ0n) is 12.7. The fourth-order valence-corrected chi connectivity index (χ4v) is 4.03. The van der Waals surface area contributed by atoms with Crippen molar-refractivity contribution in [3.8, 4) is 5.75 Å². The Hall–Kier alpha value is -1.26. The van der Waals surface area contributed by atoms with Crippen molar-refractivity contribution >= 4 is 5.69 Å². The zero-order valence-corrected chi connectivity index (χ0v) is 12.7. The van der Waals surface area contributed by atoms with Gasteiger partial charge in [0, 0.05) is 31.2 Å². The second-order valence-corrected chi connectivity index (χ2v) is 6.49. The van der Waals surface area contributed by atoms with Gasteiger partial charge in [0.2, 0.25) is 0 Å². The molecule has 3 heterocycles. The quantitative estimate of drug-likeness (QED) is 0.902. The van der Waals surface area contributed by atoms with Crippen molar-refractivity contribution in [3.05, 3.63) is 23.8 Å². The number of ether oxygens (including phenoxy) is 1. The molecule has 4 rings (SSSR count). The van der Waals surface area contributed by atoms with E-state index >= 15 is 0 Å². The minimum Gasteiger partial charge on any atom is -0.489 e. The summed E-state index contributed by atoms with van der Waals surface area (Å²) in [6, 6.07) is 7.28. The van der Waals surface area contributed by atoms with E-state index in [1.807, 2.05) is 0 Å². The maximum Gasteiger partial charge on any atom is 0.146 e. The highest BCUT2D eigenvalue weighted by Gasteiger charge is 2.29. The number of anilines is 1. The van der Waals surface area contributed by atoms with Crippen molar-refractivity contribution in [3.63, 3.8) is 0 Å². The first-order chi connectivity index (χ1) is 10.4. The molecule has 4 heteroatoms. The van der Waals surface area contributed by atoms with Gasteiger partial charge in [-0.3, -0.25) is 9.80 Å². The Balaban J connectivity index is 1.50. The molecule has 0 spiro atoms. The van der Waals surface area contributed by atoms with Crippen LogP contribution in [0, 0.1) is 0 Å². The molecule has 3 aliphatic rings. The standard InChI is InChI=1S/C17H25N3O/c1-4-14(17-16(6-1)18-7-11-21-17)12-19-8-3-10-20-9-2-5-15(20)13-19/h1,4,6,15,18H,2-3,5,7-13H2. The van der Waals surface area contributed by atoms with E-state index in [0.29, 0.717) is 0 Å². The topological polar surface area (TPSA) is 27.7 Å². The Morgan fingerprint density at radius 2 is 2.14 bits per heavy atom. The highest BCUT2D eigenvalue weighted by Crippen LogP contribution is 2.32. The summed E-state index contributed by atoms with van der Waals surface area (Å²) in [5, 5.41) is 3.44. The van der Waals surface area contributed by atoms with E-state index in [1.165, 1.54) is 51.0 Å². The number of fused-ring (bicyclic) bond motifs is 2. The van der Waals surface area contributed by atoms with Gasteiger partial charge in [0.15, 0.2) is 0 Å². The first-order valence-electron chi connectivity index (χ1n) is 8.35. The molecule has 0 aromatic heterocycles. The molecule has 1 unspecified atom stereocenters. The molecule has 0 radical (unpaired) electrons. The van der Waals surface area contributed by atoms with Gasteiger partial charge in [0.05, 0.1) is 5.69 Å². The van der Waals surface area contributed by atoms with Crippen LogP contribution in [-0.4, -0.2) is 55.2 Å². The van der Waals surface area contributed by atoms with Gasteiger partial charge in [0.1, 0.15) is 12.4 Å². The van der Waals surface area contributed by atoms with Crippen molar-refractivity contribution in [1.29, 1.82) is 0 Å². The average molecular weight is 287 g/mol. The largest absolute Gasteiger partial charge is 0.489 e. The smallest absolute Gasteiger partial charge is 0.146 e. The van der Waals surface area contributed by atoms with Crippen molar-refractivity contribution in [1.82, 2.24) is 9.80 Å². The van der Waals surface area contributed by atoms with Crippen LogP contribution in [0.15, 0.2) is 18.2 Å². The Labute approximate surface area is 127 Å². The summed E-state index contributed by atoms with van der Waals surface area (Å²) in [5.41, 5.74) is 2.50. The lowest BCUT2D eigenvalue weighted by Crippen LogP contribution is -2.36. The van der Waals surface area contributed by atoms with Gasteiger partial charge in [-0.1, -0.05) is 12.1 Å². The second kappa shape index (κ2) is 5.85. The van der Waals surface area contributed by atoms with Crippen molar-refractivity contribution in [2.45, 2.75) is 31.8 Å². The number of hydrogen-bond acceptors (Lipinski definition) is 4. The molecule has 1 aromatic rings. The summed E-state index contributed by atoms with van der Waals surface area (Å²) >= 11 is 0. The molecule has 1 N–H and O–H groups in total. The maximum atomic E-state index is 5.91. The summed E-state index contributed by atoms with van der Waals surface area (Å²) in [6.07, 6.45) is 4.05. The molecule has 3 aliphatic heterocycles. The molecule has 1 atom stereocenters. The normalized spacial score (nSPS) is 26.4. The third-order valence-corrected chi connectivity index (χ3v) is 5.04. The summed E-state index contributed by atoms with van der Waals surface area (Å²) in [4.78, 5) is 5.32. The Bertz CT molecular complexity index is 505. The van der Waals surface area contributed by atoms with Gasteiger partial charge in [0.25, 0.3) is 0 Å². The van der Waals surface area contributed by atoms with Crippen LogP contribution in [0.4, 0.5) is 5.69 Å². The summed E-state index contributed by atoms with van der Waals surface area (Å²) in [6.45, 7) is 7.74. The van der Waals surface area contributed by atoms with Crippen molar-refractivity contribution in [2.24, 2.45) is 0 Å². The Morgan fingerprint density at radius 3 is 3.14 bits per heavy atom. The summed E-state index contributed by atoms with van der Waals surface area (Å²) in [5.74, 6) is 1.08. The fraction of sp³-hybridized carbons (Fsp3) is 0.647. The average Bonchev–Trinajstić information content (AvgIpc) is 2.86. The highest BCUT2D eigenvalue weighted by molar-refractivity contribution is 5.61. The highest BCUT2D eigenvalue weighted by atomic mass is 16.5. The van der Waals surface area contributed by atoms with Crippen LogP contribution in [0.25, 0.3) is 0 Å². The van der Waals surface area contributed by atoms with Crippen LogP contribution in [-0.2, 0) is 6.54 Å². The van der Waals surface area contributed by atoms with Gasteiger partial charge in [-0.2, -0.15) is 0 Å². The first kappa shape index (κ1) is 13.4. The van der Waals surface area contributed by atoms with E-state index in [9.17, 15) is 0 Å². The van der Waals surface area contributed by atoms with E-state index in [0.717, 1.165) is 37.2 Å². The number of benzene rings is 1. The Morgan fingerprint density at radius 1 is 1.19 bits per heavy atom. The molecule has 0 saturated carbocycles. The molecule has 2 fully saturated rings. The van der Waals surface area contributed by atoms with Gasteiger partial charge >= 0.3 is 0 Å². The number of nitrogens with one attached hydrogen (secondary N) is 1. The predicted octanol–water partition coefficient (Wildman–Crippen LogP) is 2.16. The van der Waals surface area contributed by atoms with E-state index in [4.69, 9.17) is 4.74 Å². The maximum absolute atomic E-state index is 5.91. The fourth-order valence-electron chi connectivity index (χ4n) is 4.03. The van der Waals surface area contributed by atoms with Crippen molar-refractivity contribution in [2.75, 3.05) is 44.6 Å². The van der Waals surface area contributed by atoms with Gasteiger partial charge in [-0.15, -0.1) is 0 Å². The molecule has 4 nitrogen and oxygen atoms in total. The lowest BCUT2D eigenvalue weighted by atomic mass is 10.1. The van der Waals surface area contributed by atoms with Crippen LogP contribution in [0.1, 0.15) is 24.8 Å². The van der Waals surface area contributed by atoms with E-state index in [-0.39, 0.29) is 0 Å². The Kier molecular flexibility index (Phi) is 3.74. The molecular formula is C17H25N3O. The van der Waals surface area contributed by atoms with E-state index in [2.05, 4.69) is 33.3 Å². The minimum atomic E-state index is 0.778. The van der Waals surface area contributed by atoms with Crippen LogP contribution in [0.5, 0.6) is 5.75 Å². The molecule has 0 bridgehead atoms. The lowest BCUT2D eigenvalue weighted by molar-refractivity contribution is 0.212. The SMILES string of the molecule is c1cc(CN2CCCN3CCCC3C2)c2c(c1)NCCO2. The zero-order chi connectivity index (χ0) is 14.1. The van der Waals surface area contributed by atoms with Gasteiger partial charge in [-0.05, 0) is 45.0 Å². The number of hydrogen-bond donors (Lipinski definition) is 1. The monoisotopic (exact) mass is 287 g/mol. The molecule has 0 aliphatic carbocycles. The second-order valence-electron chi connectivity index (χ2n) is 6.49. The third-order valence-electron chi connectivity index (χ3n) is 5.04. The van der Waals surface area contributed by atoms with Crippen LogP contribution in [0.2, 0.25) is 0 Å². The number of rotatable bonds is 2. The molecule has 21 heavy (non-hydrogen) atoms. The van der Waals surface area contributed by atoms with Crippen LogP contribution < -0.4 is 10.1 Å². The minimum absolute atomic E-state index is 0.778. The molecule has 2 saturated heterocycles. The summed E-state index contributed by atoms with van der Waals surface area (Å²) in [7, 11) is 0. The molecule has 1 aromatic carbocycles. The summed E-state index contributed by atoms with van der Waals surface area (Å²) < 4.78 is 5.91. The van der Waals surface area contributed by atoms with E-state index < -0.39 is 0 Å². The van der Waals surface area contributed by atoms with Crippen LogP contribution >= 0.6 is 0 Å². The lowest BCUT2D eigenvalue weighted by Gasteiger charge is -2.27. The third kappa shape index (κ3) is 2.74. The van der Waals surface area contributed by atoms with Crippen molar-refractivity contribution < 1.29 is 4.74 Å². The molecule has 0 amide bonds. The van der Waals surface area contributed by atoms with Gasteiger partial charge in [-0.25, -0.2) is 0 Å². The van der Waals surface area contributed by atoms with Crippen LogP contribution in [0.3, 0.4) is 0 Å². The molecule has 114 valence electrons. The first-order valence-corrected chi connectivity index (χ1v) is 8.35. The molecular weight excluding hydrogens is 262 g/mol. The number of para-hydroxylation sites is 1. The van der Waals surface area contributed by atoms with Gasteiger partial charge < -0.3 is 10.1 Å².